The monoisotopic (exact) mass is 537 g/mol. The van der Waals surface area contributed by atoms with Crippen LogP contribution < -0.4 is 10.6 Å². The Morgan fingerprint density at radius 2 is 1.59 bits per heavy atom. The van der Waals surface area contributed by atoms with Gasteiger partial charge in [-0.15, -0.1) is 0 Å². The summed E-state index contributed by atoms with van der Waals surface area (Å²) >= 11 is 0. The number of benzene rings is 2. The van der Waals surface area contributed by atoms with Crippen molar-refractivity contribution in [3.8, 4) is 5.75 Å². The first-order valence-corrected chi connectivity index (χ1v) is 13.6. The minimum atomic E-state index is -0.988. The Bertz CT molecular complexity index is 1170. The summed E-state index contributed by atoms with van der Waals surface area (Å²) in [7, 11) is 0. The van der Waals surface area contributed by atoms with Crippen molar-refractivity contribution in [3.05, 3.63) is 64.7 Å². The summed E-state index contributed by atoms with van der Waals surface area (Å²) in [5.74, 6) is -0.296. The molecule has 1 fully saturated rings. The number of carbonyl (C=O) groups excluding carboxylic acids is 3. The number of rotatable bonds is 9. The summed E-state index contributed by atoms with van der Waals surface area (Å²) < 4.78 is 5.49. The van der Waals surface area contributed by atoms with E-state index in [4.69, 9.17) is 4.74 Å². The van der Waals surface area contributed by atoms with E-state index < -0.39 is 23.8 Å². The first kappa shape index (κ1) is 30.0. The molecule has 3 N–H and O–H groups in total. The van der Waals surface area contributed by atoms with E-state index in [0.29, 0.717) is 0 Å². The highest BCUT2D eigenvalue weighted by Crippen LogP contribution is 2.41. The Morgan fingerprint density at radius 3 is 2.08 bits per heavy atom. The van der Waals surface area contributed by atoms with Gasteiger partial charge in [-0.05, 0) is 84.1 Å². The number of phenolic OH excluding ortho intramolecular Hbond substituents is 1. The molecule has 1 aliphatic rings. The number of ether oxygens (including phenoxy) is 1. The fourth-order valence-corrected chi connectivity index (χ4v) is 4.84. The molecule has 8 nitrogen and oxygen atoms in total. The average molecular weight is 538 g/mol. The number of nitrogens with zero attached hydrogens (tertiary/aromatic N) is 1. The fourth-order valence-electron chi connectivity index (χ4n) is 4.84. The second-order valence-corrected chi connectivity index (χ2v) is 12.1. The van der Waals surface area contributed by atoms with Crippen LogP contribution >= 0.6 is 0 Å². The Balaban J connectivity index is 2.07. The molecule has 4 atom stereocenters. The molecule has 1 saturated carbocycles. The van der Waals surface area contributed by atoms with Crippen molar-refractivity contribution in [1.29, 1.82) is 0 Å². The van der Waals surface area contributed by atoms with Crippen molar-refractivity contribution >= 4 is 17.9 Å². The zero-order valence-corrected chi connectivity index (χ0v) is 24.4. The van der Waals surface area contributed by atoms with Gasteiger partial charge in [-0.25, -0.2) is 4.79 Å². The summed E-state index contributed by atoms with van der Waals surface area (Å²) in [5.41, 5.74) is 2.73. The molecule has 0 aromatic heterocycles. The number of alkyl carbamates (subject to hydrolysis) is 1. The van der Waals surface area contributed by atoms with E-state index in [1.54, 1.807) is 49.9 Å². The van der Waals surface area contributed by atoms with Crippen LogP contribution in [0.25, 0.3) is 0 Å². The molecule has 3 rings (SSSR count). The van der Waals surface area contributed by atoms with E-state index in [9.17, 15) is 19.5 Å². The Labute approximate surface area is 232 Å². The van der Waals surface area contributed by atoms with Gasteiger partial charge in [-0.1, -0.05) is 48.4 Å². The molecule has 2 aromatic carbocycles. The lowest BCUT2D eigenvalue weighted by Crippen LogP contribution is -2.55. The summed E-state index contributed by atoms with van der Waals surface area (Å²) in [6, 6.07) is 10.3. The van der Waals surface area contributed by atoms with Crippen LogP contribution in [0.5, 0.6) is 5.75 Å². The van der Waals surface area contributed by atoms with Crippen molar-refractivity contribution in [2.75, 3.05) is 0 Å². The molecule has 39 heavy (non-hydrogen) atoms. The fraction of sp³-hybridized carbons (Fsp3) is 0.516. The maximum atomic E-state index is 14.4. The zero-order valence-electron chi connectivity index (χ0n) is 24.4. The molecule has 0 spiro atoms. The number of hydrogen-bond donors (Lipinski definition) is 3. The summed E-state index contributed by atoms with van der Waals surface area (Å²) in [6.45, 7) is 15.0. The largest absolute Gasteiger partial charge is 0.508 e. The molecule has 1 aliphatic carbocycles. The molecule has 4 unspecified atom stereocenters. The lowest BCUT2D eigenvalue weighted by molar-refractivity contribution is -0.143. The van der Waals surface area contributed by atoms with Crippen LogP contribution in [0.4, 0.5) is 4.79 Å². The molecule has 0 bridgehead atoms. The SMILES string of the molecule is Cc1cc(C)cc(C(C(=O)NC(C)C)N(C(=O)C(Cc2ccc(O)cc2)NC(=O)OC(C)(C)C)C2CC2C)c1. The number of aryl methyl sites for hydroxylation is 2. The van der Waals surface area contributed by atoms with Gasteiger partial charge in [0.2, 0.25) is 11.8 Å². The lowest BCUT2D eigenvalue weighted by atomic mass is 9.97. The van der Waals surface area contributed by atoms with Gasteiger partial charge in [0.25, 0.3) is 0 Å². The second-order valence-electron chi connectivity index (χ2n) is 12.1. The maximum Gasteiger partial charge on any atom is 0.408 e. The van der Waals surface area contributed by atoms with Crippen LogP contribution in [0.2, 0.25) is 0 Å². The molecule has 0 radical (unpaired) electrons. The van der Waals surface area contributed by atoms with Crippen LogP contribution in [0.3, 0.4) is 0 Å². The van der Waals surface area contributed by atoms with Crippen molar-refractivity contribution in [2.45, 2.75) is 98.0 Å². The van der Waals surface area contributed by atoms with Crippen molar-refractivity contribution in [1.82, 2.24) is 15.5 Å². The predicted molar refractivity (Wildman–Crippen MR) is 151 cm³/mol. The van der Waals surface area contributed by atoms with Crippen molar-refractivity contribution in [3.63, 3.8) is 0 Å². The minimum Gasteiger partial charge on any atom is -0.508 e. The Kier molecular flexibility index (Phi) is 9.30. The standard InChI is InChI=1S/C31H43N3O5/c1-18(2)32-28(36)27(23-14-19(3)13-20(4)15-23)34(26-16-21(26)5)29(37)25(33-30(38)39-31(6,7)8)17-22-9-11-24(35)12-10-22/h9-15,18,21,25-27,35H,16-17H2,1-8H3,(H,32,36)(H,33,38). The number of hydrogen-bond acceptors (Lipinski definition) is 5. The highest BCUT2D eigenvalue weighted by atomic mass is 16.6. The predicted octanol–water partition coefficient (Wildman–Crippen LogP) is 4.95. The number of aromatic hydroxyl groups is 1. The van der Waals surface area contributed by atoms with Gasteiger partial charge in [-0.3, -0.25) is 9.59 Å². The topological polar surface area (TPSA) is 108 Å². The smallest absolute Gasteiger partial charge is 0.408 e. The first-order valence-electron chi connectivity index (χ1n) is 13.6. The van der Waals surface area contributed by atoms with E-state index in [1.165, 1.54) is 0 Å². The molecule has 2 aromatic rings. The molecule has 3 amide bonds. The molecular formula is C31H43N3O5. The second kappa shape index (κ2) is 12.1. The van der Waals surface area contributed by atoms with Crippen LogP contribution in [-0.4, -0.2) is 51.6 Å². The maximum absolute atomic E-state index is 14.4. The Hall–Kier alpha value is -3.55. The van der Waals surface area contributed by atoms with Gasteiger partial charge < -0.3 is 25.4 Å². The number of amides is 3. The number of nitrogens with one attached hydrogen (secondary N) is 2. The van der Waals surface area contributed by atoms with Gasteiger partial charge in [0.05, 0.1) is 0 Å². The highest BCUT2D eigenvalue weighted by molar-refractivity contribution is 5.93. The number of phenols is 1. The van der Waals surface area contributed by atoms with Gasteiger partial charge in [0, 0.05) is 18.5 Å². The Morgan fingerprint density at radius 1 is 1.03 bits per heavy atom. The van der Waals surface area contributed by atoms with E-state index in [0.717, 1.165) is 28.7 Å². The van der Waals surface area contributed by atoms with E-state index in [2.05, 4.69) is 17.6 Å². The third-order valence-electron chi connectivity index (χ3n) is 6.56. The van der Waals surface area contributed by atoms with Gasteiger partial charge in [0.15, 0.2) is 0 Å². The lowest BCUT2D eigenvalue weighted by Gasteiger charge is -2.35. The molecule has 212 valence electrons. The molecule has 0 aliphatic heterocycles. The number of carbonyl (C=O) groups is 3. The van der Waals surface area contributed by atoms with Gasteiger partial charge in [0.1, 0.15) is 23.4 Å². The van der Waals surface area contributed by atoms with Crippen molar-refractivity contribution < 1.29 is 24.2 Å². The van der Waals surface area contributed by atoms with E-state index >= 15 is 0 Å². The average Bonchev–Trinajstić information content (AvgIpc) is 3.51. The molecule has 0 saturated heterocycles. The van der Waals surface area contributed by atoms with Crippen LogP contribution in [0.1, 0.15) is 76.3 Å². The van der Waals surface area contributed by atoms with Crippen LogP contribution in [0, 0.1) is 19.8 Å². The summed E-state index contributed by atoms with van der Waals surface area (Å²) in [4.78, 5) is 42.7. The van der Waals surface area contributed by atoms with Crippen LogP contribution in [0.15, 0.2) is 42.5 Å². The van der Waals surface area contributed by atoms with Gasteiger partial charge >= 0.3 is 6.09 Å². The molecule has 0 heterocycles. The van der Waals surface area contributed by atoms with Crippen molar-refractivity contribution in [2.24, 2.45) is 5.92 Å². The first-order chi connectivity index (χ1) is 18.1. The zero-order chi connectivity index (χ0) is 29.1. The van der Waals surface area contributed by atoms with Gasteiger partial charge in [-0.2, -0.15) is 0 Å². The minimum absolute atomic E-state index is 0.107. The third kappa shape index (κ3) is 8.47. The third-order valence-corrected chi connectivity index (χ3v) is 6.56. The highest BCUT2D eigenvalue weighted by Gasteiger charge is 2.48. The summed E-state index contributed by atoms with van der Waals surface area (Å²) in [5, 5.41) is 15.5. The normalized spacial score (nSPS) is 18.2. The quantitative estimate of drug-likeness (QED) is 0.420. The molecule has 8 heteroatoms. The van der Waals surface area contributed by atoms with Crippen LogP contribution in [-0.2, 0) is 20.7 Å². The van der Waals surface area contributed by atoms with E-state index in [-0.39, 0.29) is 42.0 Å². The van der Waals surface area contributed by atoms with E-state index in [1.807, 2.05) is 45.9 Å². The molecular weight excluding hydrogens is 494 g/mol. The summed E-state index contributed by atoms with van der Waals surface area (Å²) in [6.07, 6.45) is 0.222.